The van der Waals surface area contributed by atoms with E-state index in [9.17, 15) is 13.2 Å². The number of hydrogen-bond donors (Lipinski definition) is 2. The standard InChI is InChI=1S/C14H21NO4S2/c1-3-4-11-5-7-12(8-6-11)21(18,19)15-13(14(16)17)9-10-20-2/h5-8,13,15H,3-4,9-10H2,1-2H3,(H,16,17)/t13-/m1/s1. The summed E-state index contributed by atoms with van der Waals surface area (Å²) >= 11 is 1.48. The molecule has 0 fully saturated rings. The fraction of sp³-hybridized carbons (Fsp3) is 0.500. The van der Waals surface area contributed by atoms with E-state index in [0.717, 1.165) is 18.4 Å². The summed E-state index contributed by atoms with van der Waals surface area (Å²) in [4.78, 5) is 11.2. The molecule has 7 heteroatoms. The minimum absolute atomic E-state index is 0.0951. The van der Waals surface area contributed by atoms with Gasteiger partial charge in [0.15, 0.2) is 0 Å². The first-order valence-corrected chi connectivity index (χ1v) is 9.61. The van der Waals surface area contributed by atoms with Gasteiger partial charge in [0.2, 0.25) is 10.0 Å². The van der Waals surface area contributed by atoms with Gasteiger partial charge in [-0.3, -0.25) is 4.79 Å². The van der Waals surface area contributed by atoms with Crippen LogP contribution in [0.3, 0.4) is 0 Å². The zero-order valence-electron chi connectivity index (χ0n) is 12.2. The molecule has 1 aromatic carbocycles. The van der Waals surface area contributed by atoms with Gasteiger partial charge in [-0.1, -0.05) is 25.5 Å². The van der Waals surface area contributed by atoms with Crippen LogP contribution in [0.2, 0.25) is 0 Å². The van der Waals surface area contributed by atoms with E-state index < -0.39 is 22.0 Å². The number of nitrogens with one attached hydrogen (secondary N) is 1. The number of rotatable bonds is 9. The van der Waals surface area contributed by atoms with Crippen molar-refractivity contribution in [3.8, 4) is 0 Å². The van der Waals surface area contributed by atoms with Gasteiger partial charge in [-0.25, -0.2) is 8.42 Å². The first-order chi connectivity index (χ1) is 9.90. The Morgan fingerprint density at radius 3 is 2.43 bits per heavy atom. The Balaban J connectivity index is 2.85. The molecule has 0 aliphatic heterocycles. The molecule has 0 amide bonds. The average Bonchev–Trinajstić information content (AvgIpc) is 2.44. The summed E-state index contributed by atoms with van der Waals surface area (Å²) in [5.41, 5.74) is 1.06. The van der Waals surface area contributed by atoms with Crippen molar-refractivity contribution in [2.75, 3.05) is 12.0 Å². The van der Waals surface area contributed by atoms with Crippen molar-refractivity contribution >= 4 is 27.8 Å². The number of benzene rings is 1. The van der Waals surface area contributed by atoms with E-state index in [0.29, 0.717) is 5.75 Å². The molecule has 0 unspecified atom stereocenters. The number of aliphatic carboxylic acids is 1. The molecule has 1 aromatic rings. The van der Waals surface area contributed by atoms with Gasteiger partial charge in [-0.2, -0.15) is 16.5 Å². The Morgan fingerprint density at radius 2 is 1.95 bits per heavy atom. The molecule has 0 aliphatic carbocycles. The van der Waals surface area contributed by atoms with Crippen molar-refractivity contribution < 1.29 is 18.3 Å². The Morgan fingerprint density at radius 1 is 1.33 bits per heavy atom. The van der Waals surface area contributed by atoms with Gasteiger partial charge in [-0.05, 0) is 42.5 Å². The third kappa shape index (κ3) is 5.68. The van der Waals surface area contributed by atoms with Crippen LogP contribution in [0.1, 0.15) is 25.3 Å². The molecule has 0 saturated carbocycles. The van der Waals surface area contributed by atoms with Gasteiger partial charge in [0.1, 0.15) is 6.04 Å². The smallest absolute Gasteiger partial charge is 0.321 e. The van der Waals surface area contributed by atoms with E-state index in [-0.39, 0.29) is 11.3 Å². The van der Waals surface area contributed by atoms with Crippen molar-refractivity contribution in [1.82, 2.24) is 4.72 Å². The number of hydrogen-bond acceptors (Lipinski definition) is 4. The molecule has 0 spiro atoms. The minimum Gasteiger partial charge on any atom is -0.480 e. The van der Waals surface area contributed by atoms with E-state index in [1.807, 2.05) is 6.26 Å². The molecule has 1 atom stereocenters. The lowest BCUT2D eigenvalue weighted by Crippen LogP contribution is -2.41. The van der Waals surface area contributed by atoms with Crippen molar-refractivity contribution in [2.24, 2.45) is 0 Å². The SMILES string of the molecule is CCCc1ccc(S(=O)(=O)N[C@H](CCSC)C(=O)O)cc1. The van der Waals surface area contributed by atoms with Gasteiger partial charge in [0, 0.05) is 0 Å². The highest BCUT2D eigenvalue weighted by Gasteiger charge is 2.24. The van der Waals surface area contributed by atoms with E-state index >= 15 is 0 Å². The molecule has 0 aliphatic rings. The molecular formula is C14H21NO4S2. The first kappa shape index (κ1) is 18.0. The molecule has 0 bridgehead atoms. The Kier molecular flexibility index (Phi) is 7.21. The summed E-state index contributed by atoms with van der Waals surface area (Å²) < 4.78 is 26.7. The predicted octanol–water partition coefficient (Wildman–Crippen LogP) is 2.12. The zero-order valence-corrected chi connectivity index (χ0v) is 13.8. The topological polar surface area (TPSA) is 83.5 Å². The maximum atomic E-state index is 12.2. The molecule has 2 N–H and O–H groups in total. The molecular weight excluding hydrogens is 310 g/mol. The third-order valence-electron chi connectivity index (χ3n) is 2.98. The molecule has 0 heterocycles. The van der Waals surface area contributed by atoms with Gasteiger partial charge in [-0.15, -0.1) is 0 Å². The first-order valence-electron chi connectivity index (χ1n) is 6.73. The van der Waals surface area contributed by atoms with Crippen LogP contribution in [0, 0.1) is 0 Å². The van der Waals surface area contributed by atoms with Crippen LogP contribution in [0.15, 0.2) is 29.2 Å². The highest BCUT2D eigenvalue weighted by molar-refractivity contribution is 7.98. The second-order valence-corrected chi connectivity index (χ2v) is 7.39. The van der Waals surface area contributed by atoms with E-state index in [1.54, 1.807) is 12.1 Å². The van der Waals surface area contributed by atoms with Crippen molar-refractivity contribution in [3.05, 3.63) is 29.8 Å². The number of carbonyl (C=O) groups is 1. The normalized spacial score (nSPS) is 13.0. The quantitative estimate of drug-likeness (QED) is 0.724. The van der Waals surface area contributed by atoms with Crippen LogP contribution in [-0.2, 0) is 21.2 Å². The zero-order chi connectivity index (χ0) is 15.9. The maximum Gasteiger partial charge on any atom is 0.321 e. The van der Waals surface area contributed by atoms with Gasteiger partial charge in [0.25, 0.3) is 0 Å². The van der Waals surface area contributed by atoms with Gasteiger partial charge >= 0.3 is 5.97 Å². The van der Waals surface area contributed by atoms with Crippen molar-refractivity contribution in [1.29, 1.82) is 0 Å². The number of sulfonamides is 1. The Hall–Kier alpha value is -1.05. The van der Waals surface area contributed by atoms with Gasteiger partial charge < -0.3 is 5.11 Å². The summed E-state index contributed by atoms with van der Waals surface area (Å²) in [6.45, 7) is 2.05. The minimum atomic E-state index is -3.81. The van der Waals surface area contributed by atoms with Crippen LogP contribution in [0.5, 0.6) is 0 Å². The molecule has 21 heavy (non-hydrogen) atoms. The monoisotopic (exact) mass is 331 g/mol. The number of thioether (sulfide) groups is 1. The lowest BCUT2D eigenvalue weighted by molar-refractivity contribution is -0.139. The lowest BCUT2D eigenvalue weighted by Gasteiger charge is -2.14. The Labute approximate surface area is 130 Å². The van der Waals surface area contributed by atoms with Crippen molar-refractivity contribution in [2.45, 2.75) is 37.1 Å². The van der Waals surface area contributed by atoms with Crippen LogP contribution >= 0.6 is 11.8 Å². The summed E-state index contributed by atoms with van der Waals surface area (Å²) in [5.74, 6) is -0.579. The fourth-order valence-electron chi connectivity index (χ4n) is 1.85. The molecule has 0 aromatic heterocycles. The van der Waals surface area contributed by atoms with E-state index in [4.69, 9.17) is 5.11 Å². The highest BCUT2D eigenvalue weighted by Crippen LogP contribution is 2.13. The Bertz CT molecular complexity index is 555. The molecule has 0 saturated heterocycles. The number of aryl methyl sites for hydroxylation is 1. The van der Waals surface area contributed by atoms with Crippen LogP contribution in [0.25, 0.3) is 0 Å². The lowest BCUT2D eigenvalue weighted by atomic mass is 10.1. The number of carboxylic acids is 1. The van der Waals surface area contributed by atoms with Crippen molar-refractivity contribution in [3.63, 3.8) is 0 Å². The van der Waals surface area contributed by atoms with Crippen LogP contribution in [-0.4, -0.2) is 37.5 Å². The van der Waals surface area contributed by atoms with Gasteiger partial charge in [0.05, 0.1) is 4.90 Å². The van der Waals surface area contributed by atoms with E-state index in [1.165, 1.54) is 23.9 Å². The highest BCUT2D eigenvalue weighted by atomic mass is 32.2. The third-order valence-corrected chi connectivity index (χ3v) is 5.11. The average molecular weight is 331 g/mol. The number of carboxylic acid groups (broad SMARTS) is 1. The van der Waals surface area contributed by atoms with Crippen LogP contribution in [0.4, 0.5) is 0 Å². The maximum absolute atomic E-state index is 12.2. The summed E-state index contributed by atoms with van der Waals surface area (Å²) in [6.07, 6.45) is 3.98. The molecule has 5 nitrogen and oxygen atoms in total. The largest absolute Gasteiger partial charge is 0.480 e. The molecule has 118 valence electrons. The summed E-state index contributed by atoms with van der Waals surface area (Å²) in [5, 5.41) is 9.09. The summed E-state index contributed by atoms with van der Waals surface area (Å²) in [7, 11) is -3.81. The second kappa shape index (κ2) is 8.41. The second-order valence-electron chi connectivity index (χ2n) is 4.69. The molecule has 0 radical (unpaired) electrons. The predicted molar refractivity (Wildman–Crippen MR) is 85.2 cm³/mol. The fourth-order valence-corrected chi connectivity index (χ4v) is 3.54. The van der Waals surface area contributed by atoms with Crippen LogP contribution < -0.4 is 4.72 Å². The van der Waals surface area contributed by atoms with E-state index in [2.05, 4.69) is 11.6 Å². The molecule has 1 rings (SSSR count). The summed E-state index contributed by atoms with van der Waals surface area (Å²) in [6, 6.07) is 5.45.